The third-order valence-electron chi connectivity index (χ3n) is 5.61. The number of fused-ring (bicyclic) bond motifs is 2. The standard InChI is InChI=1S/C24H23N5O2S/c1-15(2)12-28-22-20(23(30)27(3)24(28)31)21(16-8-10-25-11-9-16)29(26-22)13-17-14-32-19-7-5-4-6-18(17)19/h4-11,14-15H,12-13H2,1-3H3. The molecule has 0 saturated carbocycles. The first-order valence-electron chi connectivity index (χ1n) is 10.5. The second kappa shape index (κ2) is 7.87. The van der Waals surface area contributed by atoms with E-state index in [0.29, 0.717) is 29.8 Å². The number of thiophene rings is 1. The summed E-state index contributed by atoms with van der Waals surface area (Å²) in [6.07, 6.45) is 3.40. The van der Waals surface area contributed by atoms with Crippen LogP contribution in [0.4, 0.5) is 0 Å². The normalized spacial score (nSPS) is 11.8. The number of rotatable bonds is 5. The van der Waals surface area contributed by atoms with E-state index in [9.17, 15) is 9.59 Å². The van der Waals surface area contributed by atoms with Gasteiger partial charge in [-0.05, 0) is 40.4 Å². The van der Waals surface area contributed by atoms with Crippen LogP contribution in [0.1, 0.15) is 19.4 Å². The first kappa shape index (κ1) is 20.4. The summed E-state index contributed by atoms with van der Waals surface area (Å²) in [4.78, 5) is 30.4. The number of aromatic nitrogens is 5. The van der Waals surface area contributed by atoms with Gasteiger partial charge in [0.15, 0.2) is 5.65 Å². The van der Waals surface area contributed by atoms with Crippen LogP contribution in [-0.2, 0) is 20.1 Å². The van der Waals surface area contributed by atoms with Crippen LogP contribution in [-0.4, -0.2) is 23.9 Å². The molecule has 32 heavy (non-hydrogen) atoms. The molecule has 0 radical (unpaired) electrons. The molecule has 0 saturated heterocycles. The van der Waals surface area contributed by atoms with Crippen molar-refractivity contribution in [1.29, 1.82) is 0 Å². The highest BCUT2D eigenvalue weighted by Crippen LogP contribution is 2.30. The zero-order chi connectivity index (χ0) is 22.4. The van der Waals surface area contributed by atoms with E-state index < -0.39 is 0 Å². The van der Waals surface area contributed by atoms with Crippen LogP contribution in [0.15, 0.2) is 63.8 Å². The van der Waals surface area contributed by atoms with Gasteiger partial charge >= 0.3 is 5.69 Å². The van der Waals surface area contributed by atoms with Gasteiger partial charge in [-0.1, -0.05) is 32.0 Å². The van der Waals surface area contributed by atoms with Gasteiger partial charge in [-0.2, -0.15) is 5.10 Å². The van der Waals surface area contributed by atoms with Crippen LogP contribution in [0.25, 0.3) is 32.4 Å². The summed E-state index contributed by atoms with van der Waals surface area (Å²) in [7, 11) is 1.53. The van der Waals surface area contributed by atoms with E-state index in [1.165, 1.54) is 21.7 Å². The minimum atomic E-state index is -0.344. The fourth-order valence-corrected chi connectivity index (χ4v) is 5.08. The van der Waals surface area contributed by atoms with E-state index in [4.69, 9.17) is 5.10 Å². The molecule has 1 aromatic carbocycles. The van der Waals surface area contributed by atoms with Gasteiger partial charge in [0.05, 0.1) is 12.2 Å². The van der Waals surface area contributed by atoms with Crippen molar-refractivity contribution in [2.24, 2.45) is 13.0 Å². The van der Waals surface area contributed by atoms with Crippen molar-refractivity contribution in [3.63, 3.8) is 0 Å². The molecule has 0 spiro atoms. The van der Waals surface area contributed by atoms with Crippen molar-refractivity contribution >= 4 is 32.5 Å². The molecule has 0 bridgehead atoms. The topological polar surface area (TPSA) is 74.7 Å². The number of pyridine rings is 1. The highest BCUT2D eigenvalue weighted by atomic mass is 32.1. The van der Waals surface area contributed by atoms with Crippen molar-refractivity contribution in [3.05, 3.63) is 80.6 Å². The summed E-state index contributed by atoms with van der Waals surface area (Å²) in [5, 5.41) is 8.60. The average molecular weight is 446 g/mol. The maximum absolute atomic E-state index is 13.3. The lowest BCUT2D eigenvalue weighted by Crippen LogP contribution is -2.38. The van der Waals surface area contributed by atoms with E-state index in [-0.39, 0.29) is 17.2 Å². The van der Waals surface area contributed by atoms with Gasteiger partial charge in [-0.3, -0.25) is 23.6 Å². The molecule has 0 aliphatic carbocycles. The summed E-state index contributed by atoms with van der Waals surface area (Å²) in [6.45, 7) is 5.07. The third kappa shape index (κ3) is 3.27. The van der Waals surface area contributed by atoms with Crippen LogP contribution in [0.3, 0.4) is 0 Å². The predicted octanol–water partition coefficient (Wildman–Crippen LogP) is 3.88. The smallest absolute Gasteiger partial charge is 0.276 e. The van der Waals surface area contributed by atoms with Crippen molar-refractivity contribution in [3.8, 4) is 11.3 Å². The Hall–Kier alpha value is -3.52. The Morgan fingerprint density at radius 1 is 1.06 bits per heavy atom. The molecule has 0 aliphatic heterocycles. The molecular formula is C24H23N5O2S. The Bertz CT molecular complexity index is 1560. The number of nitrogens with zero attached hydrogens (tertiary/aromatic N) is 5. The Morgan fingerprint density at radius 3 is 2.56 bits per heavy atom. The zero-order valence-corrected chi connectivity index (χ0v) is 19.0. The summed E-state index contributed by atoms with van der Waals surface area (Å²) in [6, 6.07) is 12.0. The van der Waals surface area contributed by atoms with Gasteiger partial charge in [0.25, 0.3) is 5.56 Å². The largest absolute Gasteiger partial charge is 0.332 e. The highest BCUT2D eigenvalue weighted by molar-refractivity contribution is 7.17. The monoisotopic (exact) mass is 445 g/mol. The Kier molecular flexibility index (Phi) is 5.01. The molecule has 0 fully saturated rings. The molecule has 8 heteroatoms. The second-order valence-electron chi connectivity index (χ2n) is 8.35. The molecule has 0 unspecified atom stereocenters. The minimum absolute atomic E-state index is 0.226. The second-order valence-corrected chi connectivity index (χ2v) is 9.26. The first-order chi connectivity index (χ1) is 15.5. The fourth-order valence-electron chi connectivity index (χ4n) is 4.13. The van der Waals surface area contributed by atoms with Gasteiger partial charge in [0.1, 0.15) is 5.39 Å². The molecule has 0 amide bonds. The minimum Gasteiger partial charge on any atom is -0.276 e. The van der Waals surface area contributed by atoms with Crippen LogP contribution in [0.2, 0.25) is 0 Å². The Labute approximate surface area is 188 Å². The van der Waals surface area contributed by atoms with Crippen molar-refractivity contribution in [2.45, 2.75) is 26.9 Å². The van der Waals surface area contributed by atoms with E-state index in [0.717, 1.165) is 11.1 Å². The SMILES string of the molecule is CC(C)Cn1c(=O)n(C)c(=O)c2c(-c3ccncc3)n(Cc3csc4ccccc34)nc21. The first-order valence-corrected chi connectivity index (χ1v) is 11.4. The predicted molar refractivity (Wildman–Crippen MR) is 128 cm³/mol. The molecule has 5 rings (SSSR count). The average Bonchev–Trinajstić information content (AvgIpc) is 3.38. The maximum atomic E-state index is 13.3. The highest BCUT2D eigenvalue weighted by Gasteiger charge is 2.23. The van der Waals surface area contributed by atoms with Gasteiger partial charge < -0.3 is 0 Å². The Balaban J connectivity index is 1.83. The zero-order valence-electron chi connectivity index (χ0n) is 18.1. The van der Waals surface area contributed by atoms with E-state index in [1.54, 1.807) is 28.3 Å². The van der Waals surface area contributed by atoms with E-state index in [2.05, 4.69) is 22.5 Å². The Morgan fingerprint density at radius 2 is 1.81 bits per heavy atom. The van der Waals surface area contributed by atoms with Gasteiger partial charge in [-0.15, -0.1) is 11.3 Å². The molecule has 7 nitrogen and oxygen atoms in total. The van der Waals surface area contributed by atoms with Crippen molar-refractivity contribution < 1.29 is 0 Å². The van der Waals surface area contributed by atoms with Crippen LogP contribution in [0, 0.1) is 5.92 Å². The van der Waals surface area contributed by atoms with Gasteiger partial charge in [0.2, 0.25) is 0 Å². The van der Waals surface area contributed by atoms with Crippen molar-refractivity contribution in [2.75, 3.05) is 0 Å². The van der Waals surface area contributed by atoms with Crippen molar-refractivity contribution in [1.82, 2.24) is 23.9 Å². The summed E-state index contributed by atoms with van der Waals surface area (Å²) in [5.74, 6) is 0.226. The molecule has 0 atom stereocenters. The lowest BCUT2D eigenvalue weighted by atomic mass is 10.1. The molecule has 5 aromatic rings. The van der Waals surface area contributed by atoms with Crippen LogP contribution in [0.5, 0.6) is 0 Å². The quantitative estimate of drug-likeness (QED) is 0.412. The molecule has 4 aromatic heterocycles. The summed E-state index contributed by atoms with van der Waals surface area (Å²) in [5.41, 5.74) is 2.42. The van der Waals surface area contributed by atoms with E-state index >= 15 is 0 Å². The number of benzene rings is 1. The lowest BCUT2D eigenvalue weighted by Gasteiger charge is -2.11. The number of hydrogen-bond acceptors (Lipinski definition) is 5. The van der Waals surface area contributed by atoms with Gasteiger partial charge in [-0.25, -0.2) is 4.79 Å². The fraction of sp³-hybridized carbons (Fsp3) is 0.250. The maximum Gasteiger partial charge on any atom is 0.332 e. The van der Waals surface area contributed by atoms with Gasteiger partial charge in [0, 0.05) is 36.2 Å². The molecule has 0 aliphatic rings. The summed E-state index contributed by atoms with van der Waals surface area (Å²) >= 11 is 1.69. The lowest BCUT2D eigenvalue weighted by molar-refractivity contribution is 0.498. The summed E-state index contributed by atoms with van der Waals surface area (Å²) < 4.78 is 5.86. The van der Waals surface area contributed by atoms with Crippen LogP contribution < -0.4 is 11.2 Å². The molecule has 4 heterocycles. The third-order valence-corrected chi connectivity index (χ3v) is 6.62. The van der Waals surface area contributed by atoms with E-state index in [1.807, 2.05) is 42.8 Å². The molecule has 0 N–H and O–H groups in total. The number of hydrogen-bond donors (Lipinski definition) is 0. The molecule has 162 valence electrons. The molecular weight excluding hydrogens is 422 g/mol. The van der Waals surface area contributed by atoms with Crippen LogP contribution >= 0.6 is 11.3 Å².